The van der Waals surface area contributed by atoms with Gasteiger partial charge < -0.3 is 38.1 Å². The molecular weight excluding hydrogens is 571 g/mol. The molecule has 43 heavy (non-hydrogen) atoms. The fourth-order valence-corrected chi connectivity index (χ4v) is 5.83. The van der Waals surface area contributed by atoms with Crippen LogP contribution in [0.25, 0.3) is 0 Å². The fraction of sp³-hybridized carbons (Fsp3) is 0.548. The molecule has 0 N–H and O–H groups in total. The lowest BCUT2D eigenvalue weighted by Crippen LogP contribution is -2.50. The minimum absolute atomic E-state index is 0.289. The van der Waals surface area contributed by atoms with Gasteiger partial charge in [0.2, 0.25) is 0 Å². The molecule has 2 amide bonds. The maximum atomic E-state index is 13.2. The molecule has 2 aromatic carbocycles. The van der Waals surface area contributed by atoms with Crippen LogP contribution in [0.5, 0.6) is 11.5 Å². The van der Waals surface area contributed by atoms with Crippen LogP contribution in [0.2, 0.25) is 0 Å². The van der Waals surface area contributed by atoms with Crippen molar-refractivity contribution in [3.05, 3.63) is 48.5 Å². The van der Waals surface area contributed by atoms with E-state index in [4.69, 9.17) is 18.5 Å². The highest BCUT2D eigenvalue weighted by molar-refractivity contribution is 7.53. The Bertz CT molecular complexity index is 1190. The maximum absolute atomic E-state index is 13.2. The van der Waals surface area contributed by atoms with E-state index in [1.165, 1.54) is 6.66 Å². The molecule has 2 aromatic rings. The van der Waals surface area contributed by atoms with Crippen molar-refractivity contribution in [2.24, 2.45) is 0 Å². The molecule has 0 aromatic heterocycles. The van der Waals surface area contributed by atoms with Gasteiger partial charge in [-0.2, -0.15) is 0 Å². The summed E-state index contributed by atoms with van der Waals surface area (Å²) in [5.74, 6) is 0.892. The average Bonchev–Trinajstić information content (AvgIpc) is 2.92. The topological polar surface area (TPSA) is 101 Å². The van der Waals surface area contributed by atoms with Crippen molar-refractivity contribution in [2.75, 3.05) is 68.8 Å². The van der Waals surface area contributed by atoms with E-state index in [9.17, 15) is 14.2 Å². The molecule has 2 fully saturated rings. The summed E-state index contributed by atoms with van der Waals surface area (Å²) < 4.78 is 35.6. The summed E-state index contributed by atoms with van der Waals surface area (Å²) in [5.41, 5.74) is 0.950. The Morgan fingerprint density at radius 3 is 1.16 bits per heavy atom. The molecular formula is C31H45N4O7P. The van der Waals surface area contributed by atoms with Gasteiger partial charge in [0.25, 0.3) is 0 Å². The van der Waals surface area contributed by atoms with E-state index in [-0.39, 0.29) is 12.2 Å². The van der Waals surface area contributed by atoms with E-state index in [0.29, 0.717) is 63.9 Å². The first kappa shape index (κ1) is 32.3. The highest BCUT2D eigenvalue weighted by atomic mass is 31.2. The second kappa shape index (κ2) is 13.0. The van der Waals surface area contributed by atoms with E-state index >= 15 is 0 Å². The number of anilines is 2. The van der Waals surface area contributed by atoms with E-state index in [1.807, 2.05) is 65.8 Å². The monoisotopic (exact) mass is 616 g/mol. The number of ether oxygens (including phenoxy) is 2. The summed E-state index contributed by atoms with van der Waals surface area (Å²) in [6.07, 6.45) is -0.579. The van der Waals surface area contributed by atoms with Crippen molar-refractivity contribution in [2.45, 2.75) is 52.7 Å². The van der Waals surface area contributed by atoms with Gasteiger partial charge in [-0.25, -0.2) is 14.2 Å². The predicted molar refractivity (Wildman–Crippen MR) is 168 cm³/mol. The van der Waals surface area contributed by atoms with E-state index < -0.39 is 18.8 Å². The van der Waals surface area contributed by atoms with Crippen LogP contribution in [0.1, 0.15) is 41.5 Å². The highest BCUT2D eigenvalue weighted by Gasteiger charge is 2.28. The number of hydrogen-bond donors (Lipinski definition) is 0. The number of rotatable bonds is 6. The number of carbonyl (C=O) groups is 2. The molecule has 0 spiro atoms. The molecule has 2 heterocycles. The summed E-state index contributed by atoms with van der Waals surface area (Å²) in [6, 6.07) is 14.7. The summed E-state index contributed by atoms with van der Waals surface area (Å²) >= 11 is 0. The lowest BCUT2D eigenvalue weighted by Gasteiger charge is -2.36. The first-order valence-electron chi connectivity index (χ1n) is 14.7. The minimum atomic E-state index is -3.45. The smallest absolute Gasteiger partial charge is 0.427 e. The third kappa shape index (κ3) is 9.71. The van der Waals surface area contributed by atoms with E-state index in [1.54, 1.807) is 34.1 Å². The number of benzene rings is 2. The van der Waals surface area contributed by atoms with Crippen LogP contribution in [0, 0.1) is 0 Å². The van der Waals surface area contributed by atoms with Gasteiger partial charge in [0.15, 0.2) is 0 Å². The van der Waals surface area contributed by atoms with Gasteiger partial charge in [0.05, 0.1) is 6.66 Å². The number of amides is 2. The largest absolute Gasteiger partial charge is 0.444 e. The number of piperazine rings is 2. The number of nitrogens with zero attached hydrogens (tertiary/aromatic N) is 4. The van der Waals surface area contributed by atoms with Gasteiger partial charge in [0.1, 0.15) is 22.7 Å². The second-order valence-electron chi connectivity index (χ2n) is 12.9. The molecule has 2 aliphatic heterocycles. The maximum Gasteiger partial charge on any atom is 0.427 e. The van der Waals surface area contributed by atoms with Crippen LogP contribution in [0.3, 0.4) is 0 Å². The zero-order valence-electron chi connectivity index (χ0n) is 26.4. The molecule has 0 radical (unpaired) electrons. The Morgan fingerprint density at radius 2 is 0.884 bits per heavy atom. The van der Waals surface area contributed by atoms with Gasteiger partial charge in [-0.1, -0.05) is 0 Å². The van der Waals surface area contributed by atoms with Crippen molar-refractivity contribution < 1.29 is 32.7 Å². The van der Waals surface area contributed by atoms with E-state index in [2.05, 4.69) is 9.80 Å². The molecule has 0 bridgehead atoms. The van der Waals surface area contributed by atoms with Crippen LogP contribution >= 0.6 is 7.60 Å². The van der Waals surface area contributed by atoms with Gasteiger partial charge in [-0.3, -0.25) is 0 Å². The highest BCUT2D eigenvalue weighted by Crippen LogP contribution is 2.45. The Hall–Kier alpha value is -3.59. The van der Waals surface area contributed by atoms with Crippen LogP contribution in [0.15, 0.2) is 48.5 Å². The van der Waals surface area contributed by atoms with Crippen molar-refractivity contribution in [1.29, 1.82) is 0 Å². The molecule has 2 aliphatic rings. The van der Waals surface area contributed by atoms with Crippen LogP contribution < -0.4 is 18.8 Å². The minimum Gasteiger partial charge on any atom is -0.444 e. The average molecular weight is 617 g/mol. The number of carbonyl (C=O) groups excluding carboxylic acids is 2. The molecule has 0 unspecified atom stereocenters. The fourth-order valence-electron chi connectivity index (χ4n) is 4.78. The molecule has 4 rings (SSSR count). The standard InChI is InChI=1S/C31H45N4O7P/c1-30(2,3)39-28(36)34-20-16-32(17-21-34)24-8-12-26(13-9-24)41-43(7,38)42-27-14-10-25(11-15-27)33-18-22-35(23-19-33)29(37)40-31(4,5)6/h8-15H,16-23H2,1-7H3. The first-order valence-corrected chi connectivity index (χ1v) is 16.7. The Balaban J connectivity index is 1.24. The Labute approximate surface area is 255 Å². The summed E-state index contributed by atoms with van der Waals surface area (Å²) in [7, 11) is -3.45. The third-order valence-corrected chi connectivity index (χ3v) is 7.89. The van der Waals surface area contributed by atoms with Crippen molar-refractivity contribution in [3.8, 4) is 11.5 Å². The van der Waals surface area contributed by atoms with Gasteiger partial charge in [0, 0.05) is 63.7 Å². The molecule has 0 atom stereocenters. The molecule has 236 valence electrons. The SMILES string of the molecule is CC(C)(C)OC(=O)N1CCN(c2ccc(OP(C)(=O)Oc3ccc(N4CCN(C(=O)OC(C)(C)C)CC4)cc3)cc2)CC1. The zero-order valence-corrected chi connectivity index (χ0v) is 27.3. The predicted octanol–water partition coefficient (Wildman–Crippen LogP) is 6.08. The normalized spacial score (nSPS) is 16.5. The molecule has 0 saturated carbocycles. The summed E-state index contributed by atoms with van der Waals surface area (Å²) in [5, 5.41) is 0. The van der Waals surface area contributed by atoms with Crippen LogP contribution in [0.4, 0.5) is 21.0 Å². The summed E-state index contributed by atoms with van der Waals surface area (Å²) in [4.78, 5) is 32.5. The van der Waals surface area contributed by atoms with Crippen molar-refractivity contribution in [3.63, 3.8) is 0 Å². The molecule has 12 heteroatoms. The van der Waals surface area contributed by atoms with E-state index in [0.717, 1.165) is 11.4 Å². The number of hydrogen-bond acceptors (Lipinski definition) is 9. The lowest BCUT2D eigenvalue weighted by atomic mass is 10.2. The molecule has 2 saturated heterocycles. The van der Waals surface area contributed by atoms with Crippen LogP contribution in [-0.2, 0) is 14.0 Å². The lowest BCUT2D eigenvalue weighted by molar-refractivity contribution is 0.0230. The van der Waals surface area contributed by atoms with Crippen LogP contribution in [-0.4, -0.2) is 92.2 Å². The van der Waals surface area contributed by atoms with Gasteiger partial charge >= 0.3 is 19.8 Å². The van der Waals surface area contributed by atoms with Crippen molar-refractivity contribution in [1.82, 2.24) is 9.80 Å². The Kier molecular flexibility index (Phi) is 9.74. The van der Waals surface area contributed by atoms with Crippen molar-refractivity contribution >= 4 is 31.2 Å². The van der Waals surface area contributed by atoms with Gasteiger partial charge in [-0.15, -0.1) is 0 Å². The molecule has 11 nitrogen and oxygen atoms in total. The Morgan fingerprint density at radius 1 is 0.581 bits per heavy atom. The third-order valence-electron chi connectivity index (χ3n) is 6.81. The quantitative estimate of drug-likeness (QED) is 0.358. The zero-order chi connectivity index (χ0) is 31.4. The first-order chi connectivity index (χ1) is 20.1. The van der Waals surface area contributed by atoms with Gasteiger partial charge in [-0.05, 0) is 90.1 Å². The molecule has 0 aliphatic carbocycles. The second-order valence-corrected chi connectivity index (χ2v) is 14.8. The summed E-state index contributed by atoms with van der Waals surface area (Å²) in [6.45, 7) is 17.7.